The first-order valence-corrected chi connectivity index (χ1v) is 9.87. The standard InChI is InChI=1S/C18H18N4O2S2/c1-2-22-14(12-6-4-3-5-7-12)10-20-18(22)26-11-15(23)21-17-13(16(19)24)8-9-25-17/h3-10H,2,11H2,1H3,(H2,19,24)(H,21,23). The van der Waals surface area contributed by atoms with Crippen molar-refractivity contribution in [2.24, 2.45) is 5.73 Å². The van der Waals surface area contributed by atoms with Crippen molar-refractivity contribution in [3.63, 3.8) is 0 Å². The summed E-state index contributed by atoms with van der Waals surface area (Å²) < 4.78 is 2.08. The number of nitrogens with one attached hydrogen (secondary N) is 1. The van der Waals surface area contributed by atoms with Gasteiger partial charge in [0.15, 0.2) is 5.16 Å². The maximum absolute atomic E-state index is 12.2. The molecule has 1 aromatic carbocycles. The molecule has 0 aliphatic rings. The van der Waals surface area contributed by atoms with Crippen molar-refractivity contribution in [1.29, 1.82) is 0 Å². The number of benzene rings is 1. The van der Waals surface area contributed by atoms with Crippen LogP contribution in [0.25, 0.3) is 11.3 Å². The minimum absolute atomic E-state index is 0.196. The highest BCUT2D eigenvalue weighted by atomic mass is 32.2. The summed E-state index contributed by atoms with van der Waals surface area (Å²) in [7, 11) is 0. The number of aromatic nitrogens is 2. The Kier molecular flexibility index (Phi) is 5.75. The molecule has 0 spiro atoms. The lowest BCUT2D eigenvalue weighted by Crippen LogP contribution is -2.18. The maximum atomic E-state index is 12.2. The van der Waals surface area contributed by atoms with Crippen LogP contribution in [0.5, 0.6) is 0 Å². The molecule has 26 heavy (non-hydrogen) atoms. The van der Waals surface area contributed by atoms with Gasteiger partial charge in [-0.25, -0.2) is 4.98 Å². The lowest BCUT2D eigenvalue weighted by molar-refractivity contribution is -0.113. The van der Waals surface area contributed by atoms with Crippen LogP contribution in [-0.4, -0.2) is 27.1 Å². The first-order valence-electron chi connectivity index (χ1n) is 8.01. The Hall–Kier alpha value is -2.58. The summed E-state index contributed by atoms with van der Waals surface area (Å²) in [5.41, 5.74) is 7.73. The summed E-state index contributed by atoms with van der Waals surface area (Å²) in [6, 6.07) is 11.6. The fourth-order valence-corrected chi connectivity index (χ4v) is 4.16. The molecule has 134 valence electrons. The van der Waals surface area contributed by atoms with Crippen molar-refractivity contribution < 1.29 is 9.59 Å². The molecule has 0 saturated carbocycles. The van der Waals surface area contributed by atoms with Gasteiger partial charge in [-0.15, -0.1) is 11.3 Å². The zero-order valence-electron chi connectivity index (χ0n) is 14.1. The van der Waals surface area contributed by atoms with Crippen LogP contribution in [-0.2, 0) is 11.3 Å². The predicted octanol–water partition coefficient (Wildman–Crippen LogP) is 3.46. The van der Waals surface area contributed by atoms with Crippen molar-refractivity contribution >= 4 is 39.9 Å². The van der Waals surface area contributed by atoms with Gasteiger partial charge in [0.25, 0.3) is 5.91 Å². The molecule has 3 aromatic rings. The predicted molar refractivity (Wildman–Crippen MR) is 106 cm³/mol. The normalized spacial score (nSPS) is 10.7. The summed E-state index contributed by atoms with van der Waals surface area (Å²) in [6.07, 6.45) is 1.82. The molecule has 3 N–H and O–H groups in total. The van der Waals surface area contributed by atoms with Crippen LogP contribution in [0.1, 0.15) is 17.3 Å². The third kappa shape index (κ3) is 3.97. The number of amides is 2. The first kappa shape index (κ1) is 18.2. The van der Waals surface area contributed by atoms with E-state index in [1.54, 1.807) is 11.4 Å². The van der Waals surface area contributed by atoms with E-state index in [9.17, 15) is 9.59 Å². The van der Waals surface area contributed by atoms with Gasteiger partial charge in [0.05, 0.1) is 23.2 Å². The molecule has 2 amide bonds. The second-order valence-electron chi connectivity index (χ2n) is 5.40. The second-order valence-corrected chi connectivity index (χ2v) is 7.26. The third-order valence-electron chi connectivity index (χ3n) is 3.72. The van der Waals surface area contributed by atoms with Gasteiger partial charge in [0.1, 0.15) is 5.00 Å². The number of hydrogen-bond donors (Lipinski definition) is 2. The number of imidazole rings is 1. The van der Waals surface area contributed by atoms with Gasteiger partial charge in [0.2, 0.25) is 5.91 Å². The summed E-state index contributed by atoms with van der Waals surface area (Å²) in [5.74, 6) is -0.559. The topological polar surface area (TPSA) is 90.0 Å². The number of nitrogens with zero attached hydrogens (tertiary/aromatic N) is 2. The lowest BCUT2D eigenvalue weighted by atomic mass is 10.2. The molecular weight excluding hydrogens is 368 g/mol. The van der Waals surface area contributed by atoms with Crippen LogP contribution in [0.15, 0.2) is 53.1 Å². The van der Waals surface area contributed by atoms with E-state index in [2.05, 4.69) is 14.9 Å². The largest absolute Gasteiger partial charge is 0.366 e. The number of carbonyl (C=O) groups is 2. The van der Waals surface area contributed by atoms with Gasteiger partial charge in [-0.05, 0) is 23.9 Å². The Balaban J connectivity index is 1.68. The Bertz CT molecular complexity index is 918. The average Bonchev–Trinajstić information content (AvgIpc) is 3.27. The van der Waals surface area contributed by atoms with E-state index >= 15 is 0 Å². The van der Waals surface area contributed by atoms with Gasteiger partial charge in [0, 0.05) is 6.54 Å². The number of carbonyl (C=O) groups excluding carboxylic acids is 2. The highest BCUT2D eigenvalue weighted by molar-refractivity contribution is 7.99. The summed E-state index contributed by atoms with van der Waals surface area (Å²) in [5, 5.41) is 5.72. The fraction of sp³-hybridized carbons (Fsp3) is 0.167. The molecule has 2 heterocycles. The summed E-state index contributed by atoms with van der Waals surface area (Å²) in [4.78, 5) is 28.0. The number of anilines is 1. The molecular formula is C18H18N4O2S2. The highest BCUT2D eigenvalue weighted by Crippen LogP contribution is 2.27. The molecule has 0 aliphatic carbocycles. The maximum Gasteiger partial charge on any atom is 0.251 e. The zero-order chi connectivity index (χ0) is 18.5. The quantitative estimate of drug-likeness (QED) is 0.609. The van der Waals surface area contributed by atoms with Crippen LogP contribution < -0.4 is 11.1 Å². The number of hydrogen-bond acceptors (Lipinski definition) is 5. The third-order valence-corrected chi connectivity index (χ3v) is 5.54. The van der Waals surface area contributed by atoms with Crippen LogP contribution >= 0.6 is 23.1 Å². The van der Waals surface area contributed by atoms with E-state index in [0.717, 1.165) is 23.0 Å². The number of thiophene rings is 1. The molecule has 0 bridgehead atoms. The average molecular weight is 387 g/mol. The fourth-order valence-electron chi connectivity index (χ4n) is 2.51. The molecule has 2 aromatic heterocycles. The van der Waals surface area contributed by atoms with Gasteiger partial charge in [-0.3, -0.25) is 9.59 Å². The molecule has 0 radical (unpaired) electrons. The monoisotopic (exact) mass is 386 g/mol. The van der Waals surface area contributed by atoms with Crippen molar-refractivity contribution in [1.82, 2.24) is 9.55 Å². The smallest absolute Gasteiger partial charge is 0.251 e. The second kappa shape index (κ2) is 8.20. The lowest BCUT2D eigenvalue weighted by Gasteiger charge is -2.09. The van der Waals surface area contributed by atoms with Crippen molar-refractivity contribution in [3.8, 4) is 11.3 Å². The van der Waals surface area contributed by atoms with Gasteiger partial charge >= 0.3 is 0 Å². The van der Waals surface area contributed by atoms with Crippen molar-refractivity contribution in [3.05, 3.63) is 53.5 Å². The van der Waals surface area contributed by atoms with Gasteiger partial charge in [-0.1, -0.05) is 42.1 Å². The SMILES string of the molecule is CCn1c(-c2ccccc2)cnc1SCC(=O)Nc1sccc1C(N)=O. The van der Waals surface area contributed by atoms with E-state index in [-0.39, 0.29) is 11.7 Å². The number of nitrogens with two attached hydrogens (primary N) is 1. The Labute approximate surface area is 159 Å². The molecule has 0 fully saturated rings. The molecule has 0 saturated heterocycles. The Morgan fingerprint density at radius 3 is 2.73 bits per heavy atom. The highest BCUT2D eigenvalue weighted by Gasteiger charge is 2.15. The number of primary amides is 1. The van der Waals surface area contributed by atoms with Crippen LogP contribution in [0, 0.1) is 0 Å². The van der Waals surface area contributed by atoms with Crippen molar-refractivity contribution in [2.75, 3.05) is 11.1 Å². The van der Waals surface area contributed by atoms with E-state index in [1.807, 2.05) is 43.5 Å². The van der Waals surface area contributed by atoms with E-state index in [4.69, 9.17) is 5.73 Å². The summed E-state index contributed by atoms with van der Waals surface area (Å²) in [6.45, 7) is 2.80. The first-order chi connectivity index (χ1) is 12.6. The van der Waals surface area contributed by atoms with Crippen LogP contribution in [0.4, 0.5) is 5.00 Å². The number of thioether (sulfide) groups is 1. The minimum Gasteiger partial charge on any atom is -0.366 e. The van der Waals surface area contributed by atoms with E-state index in [0.29, 0.717) is 10.6 Å². The van der Waals surface area contributed by atoms with Gasteiger partial charge in [-0.2, -0.15) is 0 Å². The molecule has 3 rings (SSSR count). The van der Waals surface area contributed by atoms with Crippen LogP contribution in [0.3, 0.4) is 0 Å². The molecule has 0 unspecified atom stereocenters. The molecule has 8 heteroatoms. The van der Waals surface area contributed by atoms with Crippen LogP contribution in [0.2, 0.25) is 0 Å². The molecule has 0 aliphatic heterocycles. The van der Waals surface area contributed by atoms with Gasteiger partial charge < -0.3 is 15.6 Å². The zero-order valence-corrected chi connectivity index (χ0v) is 15.8. The summed E-state index contributed by atoms with van der Waals surface area (Å²) >= 11 is 2.63. The van der Waals surface area contributed by atoms with Crippen molar-refractivity contribution in [2.45, 2.75) is 18.6 Å². The number of rotatable bonds is 7. The molecule has 6 nitrogen and oxygen atoms in total. The Morgan fingerprint density at radius 1 is 1.27 bits per heavy atom. The Morgan fingerprint density at radius 2 is 2.04 bits per heavy atom. The molecule has 0 atom stereocenters. The minimum atomic E-state index is -0.553. The van der Waals surface area contributed by atoms with E-state index < -0.39 is 5.91 Å². The van der Waals surface area contributed by atoms with E-state index in [1.165, 1.54) is 23.1 Å².